The van der Waals surface area contributed by atoms with Gasteiger partial charge in [0, 0.05) is 92.7 Å². The molecule has 0 unspecified atom stereocenters. The lowest BCUT2D eigenvalue weighted by Gasteiger charge is -2.49. The maximum Gasteiger partial charge on any atom is 0.160 e. The maximum absolute atomic E-state index is 6.78. The Balaban J connectivity index is 0.000000108. The van der Waals surface area contributed by atoms with E-state index in [9.17, 15) is 0 Å². The van der Waals surface area contributed by atoms with Crippen molar-refractivity contribution in [3.05, 3.63) is 422 Å². The van der Waals surface area contributed by atoms with Crippen molar-refractivity contribution >= 4 is 131 Å². The highest BCUT2D eigenvalue weighted by Crippen LogP contribution is 2.61. The lowest BCUT2D eigenvalue weighted by Crippen LogP contribution is -2.43. The van der Waals surface area contributed by atoms with Crippen molar-refractivity contribution < 1.29 is 13.3 Å². The first-order valence-corrected chi connectivity index (χ1v) is 48.3. The Hall–Kier alpha value is -16.6. The number of para-hydroxylation sites is 2. The van der Waals surface area contributed by atoms with E-state index in [1.54, 1.807) is 0 Å². The second-order valence-electron chi connectivity index (χ2n) is 40.8. The van der Waals surface area contributed by atoms with Gasteiger partial charge in [-0.05, 0) is 230 Å². The van der Waals surface area contributed by atoms with Crippen molar-refractivity contribution in [2.24, 2.45) is 0 Å². The van der Waals surface area contributed by atoms with Gasteiger partial charge in [-0.2, -0.15) is 0 Å². The first kappa shape index (κ1) is 83.0. The monoisotopic (exact) mass is 1790 g/mol. The zero-order valence-corrected chi connectivity index (χ0v) is 79.1. The fourth-order valence-electron chi connectivity index (χ4n) is 23.2. The molecule has 3 aliphatic carbocycles. The third-order valence-corrected chi connectivity index (χ3v) is 31.5. The predicted octanol–water partition coefficient (Wildman–Crippen LogP) is 34.7. The van der Waals surface area contributed by atoms with Crippen LogP contribution in [0.15, 0.2) is 401 Å². The van der Waals surface area contributed by atoms with E-state index < -0.39 is 0 Å². The van der Waals surface area contributed by atoms with E-state index in [4.69, 9.17) is 43.2 Å². The van der Waals surface area contributed by atoms with E-state index >= 15 is 0 Å². The van der Waals surface area contributed by atoms with E-state index in [2.05, 4.69) is 403 Å². The molecule has 0 fully saturated rings. The summed E-state index contributed by atoms with van der Waals surface area (Å²) in [6.07, 6.45) is 0.972. The third kappa shape index (κ3) is 13.0. The summed E-state index contributed by atoms with van der Waals surface area (Å²) in [7, 11) is 0. The molecule has 0 saturated carbocycles. The van der Waals surface area contributed by atoms with Crippen molar-refractivity contribution in [1.82, 2.24) is 29.9 Å². The minimum atomic E-state index is -0.148. The number of nitrogens with zero attached hydrogens (tertiary/aromatic N) is 6. The standard InChI is InChI=1S/C48H36N2O.C42H32N2O.C40H28N2O/c1-47(2)40-24-33(34-20-22-36-42(25-34)49-46(30-15-9-6-10-16-30)50-45(36)29-13-7-5-8-14-29)19-21-35(40)37-28-44-39(27-41(37)48(47,3)4)38-23-31-17-11-12-18-32(31)26-43(38)51-44;1-41(2)32-20-12-10-18-29(32)35-36-31-24-26(40-43-33-21-13-11-19-30(33)38(44-40)25-14-6-5-7-15-25)22-23-34(31)45-39(36)28-17-9-8-16-27(28)37(35)42(41,3)4;1-40(2)23-27-17-16-24-10-6-7-13-28(24)35(27)30-19-21-34-36(37(30)40)31-22-26(18-20-33(31)43-34)39-41-32-15-9-8-14-29(32)38(42-39)25-11-4-3-5-12-25/h5-28H,1-4H3;5-24H,1-4H3;3-22H,23H2,1-2H3. The second-order valence-corrected chi connectivity index (χ2v) is 40.8. The highest BCUT2D eigenvalue weighted by molar-refractivity contribution is 6.25. The van der Waals surface area contributed by atoms with E-state index in [0.29, 0.717) is 11.6 Å². The van der Waals surface area contributed by atoms with Gasteiger partial charge in [0.25, 0.3) is 0 Å². The zero-order chi connectivity index (χ0) is 93.7. The Kier molecular flexibility index (Phi) is 18.6. The summed E-state index contributed by atoms with van der Waals surface area (Å²) in [5, 5.41) is 17.5. The Bertz CT molecular complexity index is 9450. The minimum absolute atomic E-state index is 0.0724. The maximum atomic E-state index is 6.78. The number of furan rings is 3. The average molecular weight is 1790 g/mol. The fraction of sp³-hybridized carbons (Fsp3) is 0.123. The Morgan fingerprint density at radius 1 is 0.216 bits per heavy atom. The number of hydrogen-bond acceptors (Lipinski definition) is 9. The molecule has 6 heterocycles. The Labute approximate surface area is 805 Å². The van der Waals surface area contributed by atoms with Gasteiger partial charge in [-0.15, -0.1) is 0 Å². The van der Waals surface area contributed by atoms with Crippen LogP contribution in [0, 0.1) is 0 Å². The van der Waals surface area contributed by atoms with Crippen molar-refractivity contribution in [3.63, 3.8) is 0 Å². The molecule has 0 saturated heterocycles. The first-order valence-electron chi connectivity index (χ1n) is 48.3. The highest BCUT2D eigenvalue weighted by atomic mass is 16.3. The summed E-state index contributed by atoms with van der Waals surface area (Å²) in [6.45, 7) is 23.9. The summed E-state index contributed by atoms with van der Waals surface area (Å²) in [6, 6.07) is 138. The van der Waals surface area contributed by atoms with Gasteiger partial charge in [0.15, 0.2) is 17.5 Å². The van der Waals surface area contributed by atoms with Gasteiger partial charge in [-0.25, -0.2) is 29.9 Å². The highest BCUT2D eigenvalue weighted by Gasteiger charge is 2.49. The molecule has 0 atom stereocenters. The van der Waals surface area contributed by atoms with Crippen molar-refractivity contribution in [2.45, 2.75) is 103 Å². The van der Waals surface area contributed by atoms with Crippen LogP contribution in [0.4, 0.5) is 0 Å². The molecule has 0 N–H and O–H groups in total. The van der Waals surface area contributed by atoms with Gasteiger partial charge in [0.2, 0.25) is 0 Å². The average Bonchev–Trinajstić information content (AvgIpc) is 1.57. The van der Waals surface area contributed by atoms with Gasteiger partial charge < -0.3 is 13.3 Å². The summed E-state index contributed by atoms with van der Waals surface area (Å²) in [5.41, 5.74) is 35.0. The second kappa shape index (κ2) is 31.2. The summed E-state index contributed by atoms with van der Waals surface area (Å²) < 4.78 is 19.8. The number of aromatic nitrogens is 6. The molecule has 19 aromatic carbocycles. The number of benzene rings is 19. The molecule has 28 rings (SSSR count). The van der Waals surface area contributed by atoms with E-state index in [0.717, 1.165) is 151 Å². The van der Waals surface area contributed by atoms with Crippen LogP contribution in [-0.2, 0) is 33.5 Å². The Morgan fingerprint density at radius 2 is 0.662 bits per heavy atom. The summed E-state index contributed by atoms with van der Waals surface area (Å²) in [4.78, 5) is 30.7. The van der Waals surface area contributed by atoms with Crippen LogP contribution in [0.3, 0.4) is 0 Å². The molecule has 0 radical (unpaired) electrons. The molecule has 25 aromatic rings. The van der Waals surface area contributed by atoms with Crippen molar-refractivity contribution in [1.29, 1.82) is 0 Å². The SMILES string of the molecule is CC1(C)Cc2ccc3ccccc3c2-c2ccc3oc4ccc(-c5nc(-c6ccccc6)c6ccccc6n5)cc4c3c21.CC1(C)c2cc(-c3ccc4c(-c5ccccc5)nc(-c5ccccc5)nc4c3)ccc2-c2cc3oc4cc5ccccc5cc4c3cc2C1(C)C.CC1(C)c2ccccc2-c2c(c3ccccc3c3oc4ccc(-c5nc(-c6ccccc6)c6ccccc6n5)cc4c23)C1(C)C. The number of hydrogen-bond donors (Lipinski definition) is 0. The van der Waals surface area contributed by atoms with E-state index in [-0.39, 0.29) is 27.1 Å². The summed E-state index contributed by atoms with van der Waals surface area (Å²) >= 11 is 0. The molecule has 664 valence electrons. The zero-order valence-electron chi connectivity index (χ0n) is 79.1. The molecule has 3 aliphatic rings. The quantitative estimate of drug-likeness (QED) is 0.154. The van der Waals surface area contributed by atoms with E-state index in [1.165, 1.54) is 121 Å². The normalized spacial score (nSPS) is 14.5. The van der Waals surface area contributed by atoms with Crippen LogP contribution in [-0.4, -0.2) is 29.9 Å². The van der Waals surface area contributed by atoms with Gasteiger partial charge in [-0.1, -0.05) is 360 Å². The lowest BCUT2D eigenvalue weighted by molar-refractivity contribution is 0.299. The molecule has 0 spiro atoms. The number of rotatable bonds is 7. The first-order chi connectivity index (χ1) is 67.6. The lowest BCUT2D eigenvalue weighted by atomic mass is 9.54. The van der Waals surface area contributed by atoms with Crippen LogP contribution in [0.25, 0.3) is 243 Å². The summed E-state index contributed by atoms with van der Waals surface area (Å²) in [5.74, 6) is 2.16. The molecule has 0 aliphatic heterocycles. The molecule has 0 bridgehead atoms. The van der Waals surface area contributed by atoms with Crippen molar-refractivity contribution in [3.8, 4) is 112 Å². The van der Waals surface area contributed by atoms with Crippen LogP contribution < -0.4 is 0 Å². The van der Waals surface area contributed by atoms with Gasteiger partial charge in [-0.3, -0.25) is 0 Å². The Morgan fingerprint density at radius 3 is 1.29 bits per heavy atom. The minimum Gasteiger partial charge on any atom is -0.456 e. The molecular formula is C130H96N6O3. The van der Waals surface area contributed by atoms with Crippen molar-refractivity contribution in [2.75, 3.05) is 0 Å². The van der Waals surface area contributed by atoms with Gasteiger partial charge >= 0.3 is 0 Å². The van der Waals surface area contributed by atoms with Crippen LogP contribution >= 0.6 is 0 Å². The largest absolute Gasteiger partial charge is 0.456 e. The van der Waals surface area contributed by atoms with Crippen LogP contribution in [0.1, 0.15) is 103 Å². The molecule has 9 nitrogen and oxygen atoms in total. The molecule has 9 heteroatoms. The smallest absolute Gasteiger partial charge is 0.160 e. The number of fused-ring (bicyclic) bond motifs is 29. The van der Waals surface area contributed by atoms with Crippen LogP contribution in [0.2, 0.25) is 0 Å². The topological polar surface area (TPSA) is 117 Å². The van der Waals surface area contributed by atoms with Crippen LogP contribution in [0.5, 0.6) is 0 Å². The molecule has 6 aromatic heterocycles. The fourth-order valence-corrected chi connectivity index (χ4v) is 23.2. The van der Waals surface area contributed by atoms with Gasteiger partial charge in [0.1, 0.15) is 33.5 Å². The molecular weight excluding hydrogens is 1690 g/mol. The molecule has 0 amide bonds. The molecule has 139 heavy (non-hydrogen) atoms. The van der Waals surface area contributed by atoms with Gasteiger partial charge in [0.05, 0.1) is 33.6 Å². The third-order valence-electron chi connectivity index (χ3n) is 31.5. The van der Waals surface area contributed by atoms with E-state index in [1.807, 2.05) is 54.6 Å². The predicted molar refractivity (Wildman–Crippen MR) is 576 cm³/mol.